The molecular formula is C17H22BN3O4S. The maximum Gasteiger partial charge on any atom is 0.493 e. The Hall–Kier alpha value is -1.42. The molecule has 1 saturated heterocycles. The highest BCUT2D eigenvalue weighted by atomic mass is 32.2. The minimum absolute atomic E-state index is 0.0639. The molecule has 0 amide bonds. The predicted molar refractivity (Wildman–Crippen MR) is 98.3 cm³/mol. The molecule has 0 bridgehead atoms. The lowest BCUT2D eigenvalue weighted by Gasteiger charge is -2.63. The Bertz CT molecular complexity index is 999. The summed E-state index contributed by atoms with van der Waals surface area (Å²) >= 11 is 0. The van der Waals surface area contributed by atoms with Crippen LogP contribution in [0.3, 0.4) is 0 Å². The second-order valence-corrected chi connectivity index (χ2v) is 10.1. The molecule has 1 aliphatic carbocycles. The average Bonchev–Trinajstić information content (AvgIpc) is 3.18. The monoisotopic (exact) mass is 375 g/mol. The van der Waals surface area contributed by atoms with Crippen molar-refractivity contribution in [3.8, 4) is 0 Å². The number of nitrogens with one attached hydrogen (secondary N) is 1. The largest absolute Gasteiger partial charge is 0.493 e. The standard InChI is InChI=1S/C17H22BN3O4S/c1-11-16(4-7-21(8-5-16)26(2,23)24)10-17(11)14-12-3-6-19-15(12)20-9-13(14)18(22)25-17/h3,6,9,11,22H,4-5,7-8,10H2,1-2H3,(H,19,20). The molecule has 9 heteroatoms. The molecule has 2 N–H and O–H groups in total. The highest BCUT2D eigenvalue weighted by Crippen LogP contribution is 2.66. The normalized spacial score (nSPS) is 30.9. The summed E-state index contributed by atoms with van der Waals surface area (Å²) in [7, 11) is -4.09. The van der Waals surface area contributed by atoms with E-state index in [1.165, 1.54) is 6.26 Å². The summed E-state index contributed by atoms with van der Waals surface area (Å²) in [5, 5.41) is 11.5. The Morgan fingerprint density at radius 1 is 1.42 bits per heavy atom. The van der Waals surface area contributed by atoms with Gasteiger partial charge in [0.05, 0.1) is 11.9 Å². The average molecular weight is 375 g/mol. The number of fused-ring (bicyclic) bond motifs is 4. The SMILES string of the molecule is CC1C2(CCN(S(C)(=O)=O)CC2)CC12OB(O)c1cnc3[nH]ccc3c12. The molecule has 26 heavy (non-hydrogen) atoms. The van der Waals surface area contributed by atoms with E-state index >= 15 is 0 Å². The van der Waals surface area contributed by atoms with Crippen molar-refractivity contribution in [1.29, 1.82) is 0 Å². The molecule has 2 aliphatic heterocycles. The van der Waals surface area contributed by atoms with Gasteiger partial charge < -0.3 is 14.7 Å². The van der Waals surface area contributed by atoms with Crippen molar-refractivity contribution in [2.75, 3.05) is 19.3 Å². The van der Waals surface area contributed by atoms with E-state index in [0.29, 0.717) is 13.1 Å². The molecule has 2 spiro atoms. The molecule has 4 heterocycles. The van der Waals surface area contributed by atoms with Crippen molar-refractivity contribution in [2.24, 2.45) is 11.3 Å². The van der Waals surface area contributed by atoms with E-state index in [9.17, 15) is 13.4 Å². The highest BCUT2D eigenvalue weighted by molar-refractivity contribution is 7.88. The lowest BCUT2D eigenvalue weighted by atomic mass is 9.47. The first-order valence-corrected chi connectivity index (χ1v) is 10.9. The van der Waals surface area contributed by atoms with Crippen LogP contribution in [0.25, 0.3) is 11.0 Å². The molecule has 138 valence electrons. The van der Waals surface area contributed by atoms with E-state index in [1.54, 1.807) is 10.5 Å². The van der Waals surface area contributed by atoms with Crippen molar-refractivity contribution in [2.45, 2.75) is 31.8 Å². The molecule has 2 unspecified atom stereocenters. The fourth-order valence-corrected chi connectivity index (χ4v) is 6.36. The van der Waals surface area contributed by atoms with Gasteiger partial charge in [-0.3, -0.25) is 0 Å². The van der Waals surface area contributed by atoms with Gasteiger partial charge in [0.15, 0.2) is 0 Å². The Kier molecular flexibility index (Phi) is 3.28. The van der Waals surface area contributed by atoms with Gasteiger partial charge in [0.2, 0.25) is 10.0 Å². The molecule has 2 fully saturated rings. The number of hydrogen-bond acceptors (Lipinski definition) is 5. The molecule has 5 rings (SSSR count). The van der Waals surface area contributed by atoms with Crippen LogP contribution in [-0.4, -0.2) is 54.2 Å². The summed E-state index contributed by atoms with van der Waals surface area (Å²) in [5.41, 5.74) is 2.17. The fraction of sp³-hybridized carbons (Fsp3) is 0.588. The van der Waals surface area contributed by atoms with Gasteiger partial charge in [0.25, 0.3) is 0 Å². The molecule has 7 nitrogen and oxygen atoms in total. The van der Waals surface area contributed by atoms with Crippen LogP contribution in [0.1, 0.15) is 31.7 Å². The molecule has 1 saturated carbocycles. The number of pyridine rings is 1. The van der Waals surface area contributed by atoms with Gasteiger partial charge in [-0.25, -0.2) is 17.7 Å². The summed E-state index contributed by atoms with van der Waals surface area (Å²) in [6.07, 6.45) is 7.32. The second-order valence-electron chi connectivity index (χ2n) is 8.11. The van der Waals surface area contributed by atoms with Gasteiger partial charge in [-0.05, 0) is 42.2 Å². The van der Waals surface area contributed by atoms with E-state index in [1.807, 2.05) is 12.3 Å². The van der Waals surface area contributed by atoms with Crippen molar-refractivity contribution >= 4 is 33.6 Å². The van der Waals surface area contributed by atoms with Crippen molar-refractivity contribution in [1.82, 2.24) is 14.3 Å². The molecule has 2 aromatic heterocycles. The number of sulfonamides is 1. The van der Waals surface area contributed by atoms with Gasteiger partial charge in [-0.2, -0.15) is 0 Å². The number of nitrogens with zero attached hydrogens (tertiary/aromatic N) is 2. The number of piperidine rings is 1. The molecule has 0 radical (unpaired) electrons. The number of H-pyrrole nitrogens is 1. The van der Waals surface area contributed by atoms with Crippen LogP contribution < -0.4 is 5.46 Å². The van der Waals surface area contributed by atoms with Crippen LogP contribution in [-0.2, 0) is 20.3 Å². The zero-order valence-electron chi connectivity index (χ0n) is 14.9. The number of aromatic nitrogens is 2. The van der Waals surface area contributed by atoms with Crippen molar-refractivity contribution in [3.05, 3.63) is 24.0 Å². The van der Waals surface area contributed by atoms with Gasteiger partial charge in [0, 0.05) is 36.3 Å². The highest BCUT2D eigenvalue weighted by Gasteiger charge is 2.67. The third-order valence-corrected chi connectivity index (χ3v) is 8.35. The predicted octanol–water partition coefficient (Wildman–Crippen LogP) is 0.558. The first-order valence-electron chi connectivity index (χ1n) is 9.04. The van der Waals surface area contributed by atoms with E-state index in [0.717, 1.165) is 41.3 Å². The Labute approximate surface area is 152 Å². The number of rotatable bonds is 1. The van der Waals surface area contributed by atoms with Crippen molar-refractivity contribution in [3.63, 3.8) is 0 Å². The zero-order valence-corrected chi connectivity index (χ0v) is 15.7. The number of aromatic amines is 1. The number of hydrogen-bond donors (Lipinski definition) is 2. The summed E-state index contributed by atoms with van der Waals surface area (Å²) in [6, 6.07) is 1.99. The van der Waals surface area contributed by atoms with Crippen LogP contribution in [0, 0.1) is 11.3 Å². The van der Waals surface area contributed by atoms with Gasteiger partial charge in [-0.15, -0.1) is 0 Å². The molecule has 3 aliphatic rings. The van der Waals surface area contributed by atoms with E-state index in [2.05, 4.69) is 16.9 Å². The lowest BCUT2D eigenvalue weighted by molar-refractivity contribution is -0.192. The Morgan fingerprint density at radius 2 is 2.15 bits per heavy atom. The smallest absolute Gasteiger partial charge is 0.423 e. The molecule has 2 aromatic rings. The third-order valence-electron chi connectivity index (χ3n) is 7.05. The van der Waals surface area contributed by atoms with Gasteiger partial charge in [-0.1, -0.05) is 6.92 Å². The second kappa shape index (κ2) is 5.10. The van der Waals surface area contributed by atoms with Crippen LogP contribution in [0.4, 0.5) is 0 Å². The van der Waals surface area contributed by atoms with Crippen molar-refractivity contribution < 1.29 is 18.1 Å². The minimum Gasteiger partial charge on any atom is -0.423 e. The molecule has 2 atom stereocenters. The van der Waals surface area contributed by atoms with Crippen LogP contribution in [0.5, 0.6) is 0 Å². The zero-order chi connectivity index (χ0) is 18.3. The van der Waals surface area contributed by atoms with Crippen LogP contribution >= 0.6 is 0 Å². The Morgan fingerprint density at radius 3 is 2.81 bits per heavy atom. The first-order chi connectivity index (χ1) is 12.3. The van der Waals surface area contributed by atoms with Gasteiger partial charge in [0.1, 0.15) is 5.65 Å². The molecule has 0 aromatic carbocycles. The third kappa shape index (κ3) is 2.00. The fourth-order valence-electron chi connectivity index (χ4n) is 5.52. The van der Waals surface area contributed by atoms with Gasteiger partial charge >= 0.3 is 7.12 Å². The first kappa shape index (κ1) is 16.7. The lowest BCUT2D eigenvalue weighted by Crippen LogP contribution is -2.62. The maximum atomic E-state index is 11.8. The molecular weight excluding hydrogens is 353 g/mol. The summed E-state index contributed by atoms with van der Waals surface area (Å²) in [6.45, 7) is 3.30. The van der Waals surface area contributed by atoms with E-state index < -0.39 is 22.7 Å². The maximum absolute atomic E-state index is 11.8. The summed E-state index contributed by atoms with van der Waals surface area (Å²) < 4.78 is 31.3. The summed E-state index contributed by atoms with van der Waals surface area (Å²) in [5.74, 6) is 0.202. The van der Waals surface area contributed by atoms with Crippen LogP contribution in [0.2, 0.25) is 0 Å². The summed E-state index contributed by atoms with van der Waals surface area (Å²) in [4.78, 5) is 7.52. The Balaban J connectivity index is 1.50. The van der Waals surface area contributed by atoms with Crippen LogP contribution in [0.15, 0.2) is 18.5 Å². The quantitative estimate of drug-likeness (QED) is 0.710. The topological polar surface area (TPSA) is 95.5 Å². The minimum atomic E-state index is -3.13. The van der Waals surface area contributed by atoms with E-state index in [4.69, 9.17) is 4.65 Å². The van der Waals surface area contributed by atoms with E-state index in [-0.39, 0.29) is 11.3 Å².